The molecule has 2 aromatic rings. The van der Waals surface area contributed by atoms with Gasteiger partial charge in [-0.1, -0.05) is 30.3 Å². The zero-order chi connectivity index (χ0) is 16.2. The van der Waals surface area contributed by atoms with Crippen LogP contribution in [0.15, 0.2) is 64.5 Å². The number of amidine groups is 1. The lowest BCUT2D eigenvalue weighted by Crippen LogP contribution is -2.28. The highest BCUT2D eigenvalue weighted by molar-refractivity contribution is 8.18. The number of nitrogens with zero attached hydrogens (tertiary/aromatic N) is 2. The monoisotopic (exact) mass is 324 g/mol. The summed E-state index contributed by atoms with van der Waals surface area (Å²) in [5.41, 5.74) is 1.70. The van der Waals surface area contributed by atoms with Crippen molar-refractivity contribution in [1.29, 1.82) is 0 Å². The molecule has 1 N–H and O–H groups in total. The number of carbonyl (C=O) groups excluding carboxylic acids is 1. The molecule has 1 saturated heterocycles. The van der Waals surface area contributed by atoms with E-state index in [0.717, 1.165) is 11.3 Å². The van der Waals surface area contributed by atoms with Crippen LogP contribution < -0.4 is 0 Å². The van der Waals surface area contributed by atoms with Gasteiger partial charge >= 0.3 is 0 Å². The number of carbonyl (C=O) groups is 1. The Morgan fingerprint density at radius 3 is 2.48 bits per heavy atom. The first-order chi connectivity index (χ1) is 11.2. The Labute approximate surface area is 139 Å². The number of hydrogen-bond acceptors (Lipinski definition) is 4. The lowest BCUT2D eigenvalue weighted by Gasteiger charge is -2.11. The predicted molar refractivity (Wildman–Crippen MR) is 94.6 cm³/mol. The molecule has 0 aromatic heterocycles. The van der Waals surface area contributed by atoms with Crippen molar-refractivity contribution in [3.63, 3.8) is 0 Å². The van der Waals surface area contributed by atoms with Crippen molar-refractivity contribution in [2.75, 3.05) is 6.54 Å². The summed E-state index contributed by atoms with van der Waals surface area (Å²) in [6.45, 7) is 2.51. The maximum atomic E-state index is 12.5. The van der Waals surface area contributed by atoms with Crippen molar-refractivity contribution in [3.05, 3.63) is 65.1 Å². The molecular weight excluding hydrogens is 308 g/mol. The maximum absolute atomic E-state index is 12.5. The van der Waals surface area contributed by atoms with Crippen LogP contribution in [0.5, 0.6) is 5.75 Å². The van der Waals surface area contributed by atoms with Gasteiger partial charge in [0, 0.05) is 6.54 Å². The first-order valence-corrected chi connectivity index (χ1v) is 8.13. The van der Waals surface area contributed by atoms with Gasteiger partial charge in [-0.25, -0.2) is 4.99 Å². The summed E-state index contributed by atoms with van der Waals surface area (Å²) < 4.78 is 0. The van der Waals surface area contributed by atoms with Crippen molar-refractivity contribution in [2.45, 2.75) is 6.92 Å². The molecule has 5 heteroatoms. The van der Waals surface area contributed by atoms with E-state index in [2.05, 4.69) is 4.99 Å². The van der Waals surface area contributed by atoms with Crippen LogP contribution in [-0.2, 0) is 4.79 Å². The quantitative estimate of drug-likeness (QED) is 0.868. The Morgan fingerprint density at radius 2 is 1.83 bits per heavy atom. The van der Waals surface area contributed by atoms with Crippen LogP contribution in [-0.4, -0.2) is 27.6 Å². The third kappa shape index (κ3) is 3.46. The van der Waals surface area contributed by atoms with Crippen molar-refractivity contribution in [2.24, 2.45) is 4.99 Å². The number of amides is 1. The number of phenolic OH excluding ortho intramolecular Hbond substituents is 1. The molecule has 4 nitrogen and oxygen atoms in total. The number of benzene rings is 2. The fourth-order valence-electron chi connectivity index (χ4n) is 2.21. The average Bonchev–Trinajstić information content (AvgIpc) is 2.85. The zero-order valence-corrected chi connectivity index (χ0v) is 13.5. The van der Waals surface area contributed by atoms with Crippen LogP contribution in [0.3, 0.4) is 0 Å². The van der Waals surface area contributed by atoms with Crippen LogP contribution in [0.1, 0.15) is 12.5 Å². The third-order valence-electron chi connectivity index (χ3n) is 3.38. The van der Waals surface area contributed by atoms with Gasteiger partial charge in [-0.2, -0.15) is 0 Å². The second kappa shape index (κ2) is 6.71. The summed E-state index contributed by atoms with van der Waals surface area (Å²) >= 11 is 1.37. The van der Waals surface area contributed by atoms with Gasteiger partial charge in [-0.3, -0.25) is 9.69 Å². The van der Waals surface area contributed by atoms with Gasteiger partial charge in [0.25, 0.3) is 5.91 Å². The third-order valence-corrected chi connectivity index (χ3v) is 4.38. The van der Waals surface area contributed by atoms with E-state index in [1.807, 2.05) is 43.3 Å². The van der Waals surface area contributed by atoms with E-state index < -0.39 is 0 Å². The van der Waals surface area contributed by atoms with E-state index in [1.165, 1.54) is 11.8 Å². The summed E-state index contributed by atoms with van der Waals surface area (Å²) in [6, 6.07) is 16.4. The zero-order valence-electron chi connectivity index (χ0n) is 12.6. The van der Waals surface area contributed by atoms with Crippen molar-refractivity contribution < 1.29 is 9.90 Å². The molecule has 1 heterocycles. The Morgan fingerprint density at radius 1 is 1.13 bits per heavy atom. The van der Waals surface area contributed by atoms with Crippen molar-refractivity contribution in [1.82, 2.24) is 4.90 Å². The van der Waals surface area contributed by atoms with Crippen LogP contribution >= 0.6 is 11.8 Å². The molecule has 23 heavy (non-hydrogen) atoms. The molecule has 2 aromatic carbocycles. The molecule has 0 unspecified atom stereocenters. The number of aliphatic imine (C=N–C) groups is 1. The van der Waals surface area contributed by atoms with Crippen LogP contribution in [0.25, 0.3) is 6.08 Å². The SMILES string of the molecule is CCN1C(=O)/C(=C\c2ccc(O)cc2)SC1=Nc1ccccc1. The van der Waals surface area contributed by atoms with Gasteiger partial charge in [0.05, 0.1) is 10.6 Å². The molecule has 116 valence electrons. The van der Waals surface area contributed by atoms with E-state index in [-0.39, 0.29) is 11.7 Å². The molecule has 0 atom stereocenters. The maximum Gasteiger partial charge on any atom is 0.266 e. The highest BCUT2D eigenvalue weighted by Gasteiger charge is 2.32. The van der Waals surface area contributed by atoms with Gasteiger partial charge in [0.1, 0.15) is 5.75 Å². The lowest BCUT2D eigenvalue weighted by molar-refractivity contribution is -0.122. The Hall–Kier alpha value is -2.53. The Kier molecular flexibility index (Phi) is 4.48. The molecule has 0 saturated carbocycles. The molecule has 1 amide bonds. The van der Waals surface area contributed by atoms with Gasteiger partial charge < -0.3 is 5.11 Å². The van der Waals surface area contributed by atoms with E-state index in [4.69, 9.17) is 0 Å². The highest BCUT2D eigenvalue weighted by Crippen LogP contribution is 2.34. The largest absolute Gasteiger partial charge is 0.508 e. The number of para-hydroxylation sites is 1. The summed E-state index contributed by atoms with van der Waals surface area (Å²) in [7, 11) is 0. The minimum Gasteiger partial charge on any atom is -0.508 e. The van der Waals surface area contributed by atoms with Crippen LogP contribution in [0.2, 0.25) is 0 Å². The van der Waals surface area contributed by atoms with E-state index in [9.17, 15) is 9.90 Å². The van der Waals surface area contributed by atoms with E-state index in [1.54, 1.807) is 29.2 Å². The first-order valence-electron chi connectivity index (χ1n) is 7.31. The van der Waals surface area contributed by atoms with E-state index >= 15 is 0 Å². The minimum absolute atomic E-state index is 0.0414. The number of phenols is 1. The molecule has 0 radical (unpaired) electrons. The standard InChI is InChI=1S/C18H16N2O2S/c1-2-20-17(22)16(12-13-8-10-15(21)11-9-13)23-18(20)19-14-6-4-3-5-7-14/h3-12,21H,2H2,1H3/b16-12+,19-18?. The highest BCUT2D eigenvalue weighted by atomic mass is 32.2. The Balaban J connectivity index is 1.91. The predicted octanol–water partition coefficient (Wildman–Crippen LogP) is 4.02. The van der Waals surface area contributed by atoms with Gasteiger partial charge in [0.15, 0.2) is 5.17 Å². The number of hydrogen-bond donors (Lipinski definition) is 1. The number of thioether (sulfide) groups is 1. The summed E-state index contributed by atoms with van der Waals surface area (Å²) in [4.78, 5) is 19.4. The summed E-state index contributed by atoms with van der Waals surface area (Å²) in [5.74, 6) is 0.166. The number of likely N-dealkylation sites (N-methyl/N-ethyl adjacent to an activating group) is 1. The summed E-state index contributed by atoms with van der Waals surface area (Å²) in [5, 5.41) is 10.0. The Bertz CT molecular complexity index is 767. The van der Waals surface area contributed by atoms with Gasteiger partial charge in [-0.05, 0) is 54.6 Å². The molecule has 1 fully saturated rings. The average molecular weight is 324 g/mol. The van der Waals surface area contributed by atoms with E-state index in [0.29, 0.717) is 16.6 Å². The van der Waals surface area contributed by atoms with Crippen molar-refractivity contribution in [3.8, 4) is 5.75 Å². The topological polar surface area (TPSA) is 52.9 Å². The molecule has 0 aliphatic carbocycles. The van der Waals surface area contributed by atoms with Crippen LogP contribution in [0, 0.1) is 0 Å². The molecule has 3 rings (SSSR count). The second-order valence-corrected chi connectivity index (χ2v) is 5.99. The normalized spacial score (nSPS) is 18.1. The lowest BCUT2D eigenvalue weighted by atomic mass is 10.2. The molecule has 1 aliphatic rings. The fraction of sp³-hybridized carbons (Fsp3) is 0.111. The summed E-state index contributed by atoms with van der Waals surface area (Å²) in [6.07, 6.45) is 1.82. The van der Waals surface area contributed by atoms with Gasteiger partial charge in [0.2, 0.25) is 0 Å². The second-order valence-electron chi connectivity index (χ2n) is 4.98. The van der Waals surface area contributed by atoms with Crippen LogP contribution in [0.4, 0.5) is 5.69 Å². The minimum atomic E-state index is -0.0414. The molecular formula is C18H16N2O2S. The first kappa shape index (κ1) is 15.4. The number of aromatic hydroxyl groups is 1. The molecule has 1 aliphatic heterocycles. The number of rotatable bonds is 3. The van der Waals surface area contributed by atoms with Crippen molar-refractivity contribution >= 4 is 34.6 Å². The molecule has 0 bridgehead atoms. The van der Waals surface area contributed by atoms with Gasteiger partial charge in [-0.15, -0.1) is 0 Å². The molecule has 0 spiro atoms. The smallest absolute Gasteiger partial charge is 0.266 e. The fourth-order valence-corrected chi connectivity index (χ4v) is 3.27.